The average Bonchev–Trinajstić information content (AvgIpc) is 3.27. The SMILES string of the molecule is CNc1ccc(C(=O)NC2CC2c2ccccc2)nn1. The van der Waals surface area contributed by atoms with Crippen molar-refractivity contribution in [1.29, 1.82) is 0 Å². The zero-order valence-corrected chi connectivity index (χ0v) is 11.2. The molecule has 0 radical (unpaired) electrons. The van der Waals surface area contributed by atoms with Crippen LogP contribution in [0.5, 0.6) is 0 Å². The van der Waals surface area contributed by atoms with Gasteiger partial charge in [-0.15, -0.1) is 10.2 Å². The molecule has 2 atom stereocenters. The van der Waals surface area contributed by atoms with Crippen LogP contribution >= 0.6 is 0 Å². The number of anilines is 1. The molecule has 20 heavy (non-hydrogen) atoms. The maximum absolute atomic E-state index is 12.0. The number of carbonyl (C=O) groups excluding carboxylic acids is 1. The van der Waals surface area contributed by atoms with Crippen LogP contribution in [0.3, 0.4) is 0 Å². The van der Waals surface area contributed by atoms with Crippen molar-refractivity contribution in [2.24, 2.45) is 0 Å². The second kappa shape index (κ2) is 5.28. The lowest BCUT2D eigenvalue weighted by Crippen LogP contribution is -2.27. The highest BCUT2D eigenvalue weighted by molar-refractivity contribution is 5.92. The largest absolute Gasteiger partial charge is 0.372 e. The van der Waals surface area contributed by atoms with Crippen LogP contribution < -0.4 is 10.6 Å². The molecule has 1 amide bonds. The zero-order valence-electron chi connectivity index (χ0n) is 11.2. The van der Waals surface area contributed by atoms with Gasteiger partial charge < -0.3 is 10.6 Å². The molecule has 102 valence electrons. The molecule has 2 aromatic rings. The van der Waals surface area contributed by atoms with Gasteiger partial charge in [0.25, 0.3) is 5.91 Å². The highest BCUT2D eigenvalue weighted by Gasteiger charge is 2.39. The number of aromatic nitrogens is 2. The van der Waals surface area contributed by atoms with E-state index < -0.39 is 0 Å². The van der Waals surface area contributed by atoms with Crippen molar-refractivity contribution in [3.8, 4) is 0 Å². The van der Waals surface area contributed by atoms with E-state index in [0.29, 0.717) is 17.4 Å². The summed E-state index contributed by atoms with van der Waals surface area (Å²) in [5.41, 5.74) is 1.62. The normalized spacial score (nSPS) is 20.2. The molecular formula is C15H16N4O. The van der Waals surface area contributed by atoms with Gasteiger partial charge in [-0.2, -0.15) is 0 Å². The first-order valence-electron chi connectivity index (χ1n) is 6.65. The van der Waals surface area contributed by atoms with Crippen molar-refractivity contribution in [3.63, 3.8) is 0 Å². The summed E-state index contributed by atoms with van der Waals surface area (Å²) in [4.78, 5) is 12.0. The van der Waals surface area contributed by atoms with E-state index in [9.17, 15) is 4.79 Å². The fourth-order valence-electron chi connectivity index (χ4n) is 2.25. The fourth-order valence-corrected chi connectivity index (χ4v) is 2.25. The lowest BCUT2D eigenvalue weighted by atomic mass is 10.1. The molecule has 1 aromatic carbocycles. The molecule has 0 aliphatic heterocycles. The molecule has 1 heterocycles. The van der Waals surface area contributed by atoms with Crippen molar-refractivity contribution in [2.45, 2.75) is 18.4 Å². The van der Waals surface area contributed by atoms with Gasteiger partial charge in [0.1, 0.15) is 5.82 Å². The van der Waals surface area contributed by atoms with Crippen molar-refractivity contribution in [3.05, 3.63) is 53.7 Å². The maximum Gasteiger partial charge on any atom is 0.272 e. The fraction of sp³-hybridized carbons (Fsp3) is 0.267. The lowest BCUT2D eigenvalue weighted by molar-refractivity contribution is 0.0944. The summed E-state index contributed by atoms with van der Waals surface area (Å²) < 4.78 is 0. The molecule has 1 fully saturated rings. The Bertz CT molecular complexity index is 597. The van der Waals surface area contributed by atoms with Gasteiger partial charge >= 0.3 is 0 Å². The number of hydrogen-bond donors (Lipinski definition) is 2. The molecule has 2 unspecified atom stereocenters. The highest BCUT2D eigenvalue weighted by Crippen LogP contribution is 2.40. The van der Waals surface area contributed by atoms with Gasteiger partial charge in [0.05, 0.1) is 0 Å². The third-order valence-corrected chi connectivity index (χ3v) is 3.49. The Labute approximate surface area is 117 Å². The summed E-state index contributed by atoms with van der Waals surface area (Å²) in [7, 11) is 1.76. The van der Waals surface area contributed by atoms with Crippen LogP contribution in [0.2, 0.25) is 0 Å². The van der Waals surface area contributed by atoms with Gasteiger partial charge in [-0.25, -0.2) is 0 Å². The quantitative estimate of drug-likeness (QED) is 0.887. The highest BCUT2D eigenvalue weighted by atomic mass is 16.2. The Morgan fingerprint density at radius 1 is 1.15 bits per heavy atom. The molecule has 1 aliphatic rings. The Kier molecular flexibility index (Phi) is 3.33. The third kappa shape index (κ3) is 2.61. The van der Waals surface area contributed by atoms with Crippen LogP contribution in [0.1, 0.15) is 28.4 Å². The van der Waals surface area contributed by atoms with E-state index in [2.05, 4.69) is 33.0 Å². The van der Waals surface area contributed by atoms with E-state index in [1.807, 2.05) is 18.2 Å². The molecule has 5 nitrogen and oxygen atoms in total. The smallest absolute Gasteiger partial charge is 0.272 e. The number of rotatable bonds is 4. The number of benzene rings is 1. The van der Waals surface area contributed by atoms with E-state index in [1.54, 1.807) is 19.2 Å². The first kappa shape index (κ1) is 12.6. The second-order valence-electron chi connectivity index (χ2n) is 4.89. The summed E-state index contributed by atoms with van der Waals surface area (Å²) in [5, 5.41) is 13.7. The van der Waals surface area contributed by atoms with Crippen molar-refractivity contribution in [1.82, 2.24) is 15.5 Å². The molecule has 1 aliphatic carbocycles. The molecule has 1 saturated carbocycles. The van der Waals surface area contributed by atoms with Crippen LogP contribution in [-0.4, -0.2) is 29.2 Å². The minimum absolute atomic E-state index is 0.163. The molecule has 5 heteroatoms. The first-order chi connectivity index (χ1) is 9.78. The maximum atomic E-state index is 12.0. The minimum atomic E-state index is -0.163. The summed E-state index contributed by atoms with van der Waals surface area (Å²) >= 11 is 0. The third-order valence-electron chi connectivity index (χ3n) is 3.49. The van der Waals surface area contributed by atoms with Crippen molar-refractivity contribution < 1.29 is 4.79 Å². The molecule has 1 aromatic heterocycles. The van der Waals surface area contributed by atoms with Crippen molar-refractivity contribution in [2.75, 3.05) is 12.4 Å². The van der Waals surface area contributed by atoms with Gasteiger partial charge in [-0.3, -0.25) is 4.79 Å². The lowest BCUT2D eigenvalue weighted by Gasteiger charge is -2.04. The Hall–Kier alpha value is -2.43. The van der Waals surface area contributed by atoms with Gasteiger partial charge in [0, 0.05) is 19.0 Å². The van der Waals surface area contributed by atoms with Gasteiger partial charge in [0.15, 0.2) is 5.69 Å². The number of carbonyl (C=O) groups is 1. The van der Waals surface area contributed by atoms with E-state index in [1.165, 1.54) is 5.56 Å². The molecule has 0 saturated heterocycles. The Morgan fingerprint density at radius 2 is 1.95 bits per heavy atom. The van der Waals surface area contributed by atoms with Crippen LogP contribution in [-0.2, 0) is 0 Å². The minimum Gasteiger partial charge on any atom is -0.372 e. The molecule has 0 bridgehead atoms. The van der Waals surface area contributed by atoms with E-state index in [4.69, 9.17) is 0 Å². The molecule has 3 rings (SSSR count). The van der Waals surface area contributed by atoms with E-state index in [-0.39, 0.29) is 11.9 Å². The number of nitrogens with one attached hydrogen (secondary N) is 2. The van der Waals surface area contributed by atoms with Crippen molar-refractivity contribution >= 4 is 11.7 Å². The second-order valence-corrected chi connectivity index (χ2v) is 4.89. The summed E-state index contributed by atoms with van der Waals surface area (Å²) in [6.07, 6.45) is 0.984. The predicted molar refractivity (Wildman–Crippen MR) is 76.6 cm³/mol. The monoisotopic (exact) mass is 268 g/mol. The molecule has 2 N–H and O–H groups in total. The number of amides is 1. The zero-order chi connectivity index (χ0) is 13.9. The molecule has 0 spiro atoms. The summed E-state index contributed by atoms with van der Waals surface area (Å²) in [6.45, 7) is 0. The van der Waals surface area contributed by atoms with E-state index >= 15 is 0 Å². The van der Waals surface area contributed by atoms with Crippen LogP contribution in [0, 0.1) is 0 Å². The van der Waals surface area contributed by atoms with Crippen LogP contribution in [0.25, 0.3) is 0 Å². The standard InChI is InChI=1S/C15H16N4O/c1-16-14-8-7-12(18-19-14)15(20)17-13-9-11(13)10-5-3-2-4-6-10/h2-8,11,13H,9H2,1H3,(H,16,19)(H,17,20). The first-order valence-corrected chi connectivity index (χ1v) is 6.65. The number of hydrogen-bond acceptors (Lipinski definition) is 4. The Balaban J connectivity index is 1.60. The predicted octanol–water partition coefficient (Wildman–Crippen LogP) is 1.80. The summed E-state index contributed by atoms with van der Waals surface area (Å²) in [6, 6.07) is 13.9. The summed E-state index contributed by atoms with van der Waals surface area (Å²) in [5.74, 6) is 0.906. The number of nitrogens with zero attached hydrogens (tertiary/aromatic N) is 2. The topological polar surface area (TPSA) is 66.9 Å². The van der Waals surface area contributed by atoms with Gasteiger partial charge in [-0.1, -0.05) is 30.3 Å². The average molecular weight is 268 g/mol. The Morgan fingerprint density at radius 3 is 2.60 bits per heavy atom. The van der Waals surface area contributed by atoms with E-state index in [0.717, 1.165) is 6.42 Å². The van der Waals surface area contributed by atoms with Gasteiger partial charge in [0.2, 0.25) is 0 Å². The van der Waals surface area contributed by atoms with Crippen LogP contribution in [0.15, 0.2) is 42.5 Å². The van der Waals surface area contributed by atoms with Crippen LogP contribution in [0.4, 0.5) is 5.82 Å². The van der Waals surface area contributed by atoms with Gasteiger partial charge in [-0.05, 0) is 24.1 Å². The molecular weight excluding hydrogens is 252 g/mol.